The summed E-state index contributed by atoms with van der Waals surface area (Å²) in [5.74, 6) is 1.79. The molecule has 0 spiro atoms. The van der Waals surface area contributed by atoms with Gasteiger partial charge in [-0.3, -0.25) is 0 Å². The van der Waals surface area contributed by atoms with Crippen LogP contribution in [0.25, 0.3) is 0 Å². The number of hydrogen-bond acceptors (Lipinski definition) is 3. The van der Waals surface area contributed by atoms with Gasteiger partial charge in [0.05, 0.1) is 23.0 Å². The van der Waals surface area contributed by atoms with Crippen LogP contribution in [0.2, 0.25) is 0 Å². The minimum atomic E-state index is 0.0353. The molecule has 0 saturated heterocycles. The fourth-order valence-electron chi connectivity index (χ4n) is 1.75. The minimum absolute atomic E-state index is 0.0353. The van der Waals surface area contributed by atoms with E-state index >= 15 is 0 Å². The largest absolute Gasteiger partial charge is 0.469 e. The molecule has 0 amide bonds. The normalized spacial score (nSPS) is 12.9. The first-order valence-electron chi connectivity index (χ1n) is 5.24. The van der Waals surface area contributed by atoms with E-state index in [-0.39, 0.29) is 6.04 Å². The quantitative estimate of drug-likeness (QED) is 0.931. The molecule has 3 nitrogen and oxygen atoms in total. The third-order valence-electron chi connectivity index (χ3n) is 2.53. The highest BCUT2D eigenvalue weighted by Gasteiger charge is 2.22. The molecule has 0 saturated carbocycles. The first kappa shape index (κ1) is 11.5. The lowest BCUT2D eigenvalue weighted by Gasteiger charge is -2.15. The van der Waals surface area contributed by atoms with Gasteiger partial charge in [0.15, 0.2) is 0 Å². The number of hydrogen-bond donors (Lipinski definition) is 1. The molecule has 0 aliphatic heterocycles. The Bertz CT molecular complexity index is 421. The van der Waals surface area contributed by atoms with E-state index in [0.29, 0.717) is 0 Å². The molecule has 0 aromatic carbocycles. The molecule has 2 rings (SSSR count). The molecule has 2 aromatic rings. The molecule has 86 valence electrons. The molecule has 4 heteroatoms. The first-order valence-corrected chi connectivity index (χ1v) is 6.03. The Morgan fingerprint density at radius 2 is 2.06 bits per heavy atom. The monoisotopic (exact) mass is 283 g/mol. The molecule has 16 heavy (non-hydrogen) atoms. The summed E-state index contributed by atoms with van der Waals surface area (Å²) in [6.07, 6.45) is 3.38. The average Bonchev–Trinajstić information content (AvgIpc) is 2.84. The van der Waals surface area contributed by atoms with Gasteiger partial charge < -0.3 is 14.2 Å². The minimum Gasteiger partial charge on any atom is -0.469 e. The van der Waals surface area contributed by atoms with E-state index < -0.39 is 0 Å². The lowest BCUT2D eigenvalue weighted by molar-refractivity contribution is 0.442. The first-order chi connectivity index (χ1) is 7.74. The summed E-state index contributed by atoms with van der Waals surface area (Å²) in [6.45, 7) is 4.89. The van der Waals surface area contributed by atoms with Crippen LogP contribution in [0.4, 0.5) is 0 Å². The summed E-state index contributed by atoms with van der Waals surface area (Å²) in [4.78, 5) is 0. The zero-order chi connectivity index (χ0) is 11.5. The van der Waals surface area contributed by atoms with Crippen LogP contribution in [0, 0.1) is 6.92 Å². The van der Waals surface area contributed by atoms with Crippen LogP contribution in [0.15, 0.2) is 38.0 Å². The summed E-state index contributed by atoms with van der Waals surface area (Å²) in [6, 6.07) is 3.90. The van der Waals surface area contributed by atoms with Gasteiger partial charge in [-0.15, -0.1) is 0 Å². The molecule has 1 atom stereocenters. The van der Waals surface area contributed by atoms with Gasteiger partial charge in [-0.2, -0.15) is 0 Å². The number of furan rings is 2. The number of aryl methyl sites for hydroxylation is 1. The maximum Gasteiger partial charge on any atom is 0.139 e. The highest BCUT2D eigenvalue weighted by atomic mass is 79.9. The molecule has 0 aliphatic rings. The SMILES string of the molecule is CCNC(c1ccoc1C)c1occc1Br. The van der Waals surface area contributed by atoms with Crippen LogP contribution in [0.5, 0.6) is 0 Å². The van der Waals surface area contributed by atoms with Crippen molar-refractivity contribution in [3.8, 4) is 0 Å². The van der Waals surface area contributed by atoms with Crippen LogP contribution in [0.3, 0.4) is 0 Å². The smallest absolute Gasteiger partial charge is 0.139 e. The van der Waals surface area contributed by atoms with Gasteiger partial charge in [-0.1, -0.05) is 6.92 Å². The third-order valence-corrected chi connectivity index (χ3v) is 3.18. The fraction of sp³-hybridized carbons (Fsp3) is 0.333. The van der Waals surface area contributed by atoms with Gasteiger partial charge in [-0.25, -0.2) is 0 Å². The number of halogens is 1. The maximum atomic E-state index is 5.51. The van der Waals surface area contributed by atoms with Crippen molar-refractivity contribution in [1.82, 2.24) is 5.32 Å². The topological polar surface area (TPSA) is 38.3 Å². The van der Waals surface area contributed by atoms with Crippen LogP contribution in [-0.2, 0) is 0 Å². The van der Waals surface area contributed by atoms with E-state index in [1.807, 2.05) is 19.1 Å². The lowest BCUT2D eigenvalue weighted by Crippen LogP contribution is -2.22. The van der Waals surface area contributed by atoms with E-state index in [9.17, 15) is 0 Å². The van der Waals surface area contributed by atoms with Crippen molar-refractivity contribution in [2.45, 2.75) is 19.9 Å². The highest BCUT2D eigenvalue weighted by Crippen LogP contribution is 2.31. The second-order valence-corrected chi connectivity index (χ2v) is 4.41. The van der Waals surface area contributed by atoms with E-state index in [1.54, 1.807) is 12.5 Å². The Morgan fingerprint density at radius 3 is 2.56 bits per heavy atom. The molecule has 0 bridgehead atoms. The van der Waals surface area contributed by atoms with Crippen molar-refractivity contribution in [3.05, 3.63) is 46.2 Å². The van der Waals surface area contributed by atoms with E-state index in [2.05, 4.69) is 28.2 Å². The van der Waals surface area contributed by atoms with Crippen LogP contribution < -0.4 is 5.32 Å². The van der Waals surface area contributed by atoms with Gasteiger partial charge in [-0.05, 0) is 41.5 Å². The van der Waals surface area contributed by atoms with Crippen LogP contribution in [-0.4, -0.2) is 6.54 Å². The van der Waals surface area contributed by atoms with Crippen molar-refractivity contribution < 1.29 is 8.83 Å². The third kappa shape index (κ3) is 2.08. The number of nitrogens with one attached hydrogen (secondary N) is 1. The Kier molecular flexibility index (Phi) is 3.51. The Labute approximate surface area is 103 Å². The van der Waals surface area contributed by atoms with Gasteiger partial charge in [0.2, 0.25) is 0 Å². The van der Waals surface area contributed by atoms with Crippen molar-refractivity contribution in [1.29, 1.82) is 0 Å². The fourth-order valence-corrected chi connectivity index (χ4v) is 2.18. The van der Waals surface area contributed by atoms with Crippen molar-refractivity contribution in [2.24, 2.45) is 0 Å². The van der Waals surface area contributed by atoms with Gasteiger partial charge in [0.1, 0.15) is 11.5 Å². The molecule has 1 unspecified atom stereocenters. The highest BCUT2D eigenvalue weighted by molar-refractivity contribution is 9.10. The average molecular weight is 284 g/mol. The van der Waals surface area contributed by atoms with Crippen molar-refractivity contribution in [3.63, 3.8) is 0 Å². The van der Waals surface area contributed by atoms with Crippen molar-refractivity contribution >= 4 is 15.9 Å². The summed E-state index contributed by atoms with van der Waals surface area (Å²) in [5, 5.41) is 3.39. The van der Waals surface area contributed by atoms with E-state index in [0.717, 1.165) is 28.1 Å². The Balaban J connectivity index is 2.39. The molecule has 0 aliphatic carbocycles. The maximum absolute atomic E-state index is 5.51. The van der Waals surface area contributed by atoms with Gasteiger partial charge in [0.25, 0.3) is 0 Å². The summed E-state index contributed by atoms with van der Waals surface area (Å²) in [5.41, 5.74) is 1.11. The summed E-state index contributed by atoms with van der Waals surface area (Å²) >= 11 is 3.48. The Hall–Kier alpha value is -1.00. The molecule has 2 aromatic heterocycles. The van der Waals surface area contributed by atoms with Crippen LogP contribution in [0.1, 0.15) is 30.0 Å². The predicted molar refractivity (Wildman–Crippen MR) is 65.4 cm³/mol. The van der Waals surface area contributed by atoms with Gasteiger partial charge in [0, 0.05) is 5.56 Å². The second kappa shape index (κ2) is 4.89. The molecule has 0 fully saturated rings. The van der Waals surface area contributed by atoms with Crippen molar-refractivity contribution in [2.75, 3.05) is 6.54 Å². The molecule has 2 heterocycles. The summed E-state index contributed by atoms with van der Waals surface area (Å²) < 4.78 is 11.8. The zero-order valence-corrected chi connectivity index (χ0v) is 10.9. The molecular formula is C12H14BrNO2. The van der Waals surface area contributed by atoms with E-state index in [4.69, 9.17) is 8.83 Å². The Morgan fingerprint density at radius 1 is 1.31 bits per heavy atom. The molecule has 1 N–H and O–H groups in total. The zero-order valence-electron chi connectivity index (χ0n) is 9.29. The van der Waals surface area contributed by atoms with E-state index in [1.165, 1.54) is 0 Å². The summed E-state index contributed by atoms with van der Waals surface area (Å²) in [7, 11) is 0. The molecular weight excluding hydrogens is 270 g/mol. The number of rotatable bonds is 4. The van der Waals surface area contributed by atoms with Crippen LogP contribution >= 0.6 is 15.9 Å². The van der Waals surface area contributed by atoms with Gasteiger partial charge >= 0.3 is 0 Å². The second-order valence-electron chi connectivity index (χ2n) is 3.56. The molecule has 0 radical (unpaired) electrons. The standard InChI is InChI=1S/C12H14BrNO2/c1-3-14-11(9-4-6-15-8(9)2)12-10(13)5-7-16-12/h4-7,11,14H,3H2,1-2H3. The lowest BCUT2D eigenvalue weighted by atomic mass is 10.1. The predicted octanol–water partition coefficient (Wildman–Crippen LogP) is 3.64.